The van der Waals surface area contributed by atoms with Gasteiger partial charge in [-0.15, -0.1) is 0 Å². The molecule has 1 aromatic carbocycles. The zero-order chi connectivity index (χ0) is 13.4. The maximum Gasteiger partial charge on any atom is 0.169 e. The molecule has 0 bridgehead atoms. The Morgan fingerprint density at radius 3 is 2.63 bits per heavy atom. The number of nitrogens with zero attached hydrogens (tertiary/aromatic N) is 2. The third-order valence-electron chi connectivity index (χ3n) is 3.32. The molecule has 19 heavy (non-hydrogen) atoms. The molecule has 3 heteroatoms. The van der Waals surface area contributed by atoms with Crippen molar-refractivity contribution >= 4 is 23.5 Å². The molecule has 2 nitrogen and oxygen atoms in total. The van der Waals surface area contributed by atoms with E-state index in [1.54, 1.807) is 0 Å². The highest BCUT2D eigenvalue weighted by molar-refractivity contribution is 8.03. The lowest BCUT2D eigenvalue weighted by atomic mass is 10.2. The van der Waals surface area contributed by atoms with Crippen molar-refractivity contribution in [2.75, 3.05) is 11.9 Å². The summed E-state index contributed by atoms with van der Waals surface area (Å²) in [4.78, 5) is 3.60. The number of aromatic nitrogens is 1. The molecule has 96 valence electrons. The Bertz CT molecular complexity index is 644. The van der Waals surface area contributed by atoms with Crippen LogP contribution in [0.15, 0.2) is 52.7 Å². The van der Waals surface area contributed by atoms with Crippen LogP contribution in [0.3, 0.4) is 0 Å². The number of aryl methyl sites for hydroxylation is 2. The minimum Gasteiger partial charge on any atom is -0.338 e. The Kier molecular flexibility index (Phi) is 3.07. The van der Waals surface area contributed by atoms with Crippen molar-refractivity contribution in [3.63, 3.8) is 0 Å². The summed E-state index contributed by atoms with van der Waals surface area (Å²) < 4.78 is 2.05. The number of benzene rings is 1. The van der Waals surface area contributed by atoms with Gasteiger partial charge in [0.15, 0.2) is 12.4 Å². The zero-order valence-electron chi connectivity index (χ0n) is 11.4. The minimum atomic E-state index is 1.23. The average molecular weight is 269 g/mol. The lowest BCUT2D eigenvalue weighted by Gasteiger charge is -2.13. The number of hydrogen-bond donors (Lipinski definition) is 0. The Morgan fingerprint density at radius 2 is 1.89 bits per heavy atom. The Labute approximate surface area is 118 Å². The quantitative estimate of drug-likeness (QED) is 0.733. The van der Waals surface area contributed by atoms with Crippen molar-refractivity contribution in [1.29, 1.82) is 0 Å². The monoisotopic (exact) mass is 269 g/mol. The van der Waals surface area contributed by atoms with E-state index in [2.05, 4.69) is 67.7 Å². The highest BCUT2D eigenvalue weighted by atomic mass is 32.2. The molecule has 1 aliphatic rings. The van der Waals surface area contributed by atoms with E-state index < -0.39 is 0 Å². The molecule has 0 saturated carbocycles. The number of anilines is 1. The van der Waals surface area contributed by atoms with Crippen molar-refractivity contribution in [2.45, 2.75) is 11.8 Å². The summed E-state index contributed by atoms with van der Waals surface area (Å²) in [6.07, 6.45) is 6.38. The van der Waals surface area contributed by atoms with E-state index in [1.165, 1.54) is 26.7 Å². The lowest BCUT2D eigenvalue weighted by molar-refractivity contribution is -0.671. The van der Waals surface area contributed by atoms with Crippen molar-refractivity contribution in [2.24, 2.45) is 7.05 Å². The summed E-state index contributed by atoms with van der Waals surface area (Å²) in [7, 11) is 4.16. The fourth-order valence-electron chi connectivity index (χ4n) is 2.16. The summed E-state index contributed by atoms with van der Waals surface area (Å²) >= 11 is 1.84. The second-order valence-corrected chi connectivity index (χ2v) is 5.97. The molecule has 0 saturated heterocycles. The average Bonchev–Trinajstić information content (AvgIpc) is 2.68. The molecule has 2 heterocycles. The molecular weight excluding hydrogens is 252 g/mol. The number of pyridine rings is 1. The largest absolute Gasteiger partial charge is 0.338 e. The van der Waals surface area contributed by atoms with E-state index in [9.17, 15) is 0 Å². The van der Waals surface area contributed by atoms with Crippen LogP contribution in [0.1, 0.15) is 11.1 Å². The Morgan fingerprint density at radius 1 is 1.16 bits per heavy atom. The molecule has 2 aromatic rings. The molecule has 1 aliphatic heterocycles. The standard InChI is InChI=1S/C16H17N2S/c1-12-4-5-14-15(10-12)19-16(18(14)3)11-13-6-8-17(2)9-7-13/h4-11H,1-3H3/q+1. The first-order chi connectivity index (χ1) is 9.13. The highest BCUT2D eigenvalue weighted by Crippen LogP contribution is 2.45. The predicted octanol–water partition coefficient (Wildman–Crippen LogP) is 3.36. The Hall–Kier alpha value is -1.74. The zero-order valence-corrected chi connectivity index (χ0v) is 12.2. The summed E-state index contributed by atoms with van der Waals surface area (Å²) in [6.45, 7) is 2.14. The molecule has 0 spiro atoms. The second-order valence-electron chi connectivity index (χ2n) is 4.91. The number of hydrogen-bond acceptors (Lipinski definition) is 2. The van der Waals surface area contributed by atoms with Gasteiger partial charge in [-0.3, -0.25) is 0 Å². The van der Waals surface area contributed by atoms with Crippen LogP contribution in [0.2, 0.25) is 0 Å². The van der Waals surface area contributed by atoms with Gasteiger partial charge in [-0.25, -0.2) is 4.57 Å². The second kappa shape index (κ2) is 4.74. The van der Waals surface area contributed by atoms with Gasteiger partial charge in [0, 0.05) is 24.1 Å². The van der Waals surface area contributed by atoms with Crippen LogP contribution >= 0.6 is 11.8 Å². The topological polar surface area (TPSA) is 7.12 Å². The molecule has 0 unspecified atom stereocenters. The normalized spacial score (nSPS) is 15.9. The van der Waals surface area contributed by atoms with Crippen molar-refractivity contribution in [3.8, 4) is 0 Å². The SMILES string of the molecule is Cc1ccc2c(c1)S/C(=C\c1cc[n+](C)cc1)N2C. The fraction of sp³-hybridized carbons (Fsp3) is 0.188. The lowest BCUT2D eigenvalue weighted by Crippen LogP contribution is -2.25. The molecule has 1 aromatic heterocycles. The third-order valence-corrected chi connectivity index (χ3v) is 4.46. The number of rotatable bonds is 1. The first kappa shape index (κ1) is 12.3. The summed E-state index contributed by atoms with van der Waals surface area (Å²) in [5.74, 6) is 0. The van der Waals surface area contributed by atoms with Gasteiger partial charge in [0.05, 0.1) is 10.7 Å². The molecule has 0 atom stereocenters. The van der Waals surface area contributed by atoms with Crippen LogP contribution in [-0.2, 0) is 7.05 Å². The molecule has 0 fully saturated rings. The summed E-state index contributed by atoms with van der Waals surface area (Å²) in [5, 5.41) is 1.27. The molecule has 0 amide bonds. The van der Waals surface area contributed by atoms with Gasteiger partial charge >= 0.3 is 0 Å². The molecule has 3 rings (SSSR count). The van der Waals surface area contributed by atoms with Crippen LogP contribution in [0, 0.1) is 6.92 Å². The Balaban J connectivity index is 1.94. The van der Waals surface area contributed by atoms with Crippen LogP contribution in [0.5, 0.6) is 0 Å². The van der Waals surface area contributed by atoms with E-state index in [4.69, 9.17) is 0 Å². The van der Waals surface area contributed by atoms with Crippen molar-refractivity contribution < 1.29 is 4.57 Å². The maximum atomic E-state index is 2.26. The third kappa shape index (κ3) is 2.38. The van der Waals surface area contributed by atoms with Gasteiger partial charge in [0.25, 0.3) is 0 Å². The first-order valence-electron chi connectivity index (χ1n) is 6.33. The smallest absolute Gasteiger partial charge is 0.169 e. The van der Waals surface area contributed by atoms with E-state index in [-0.39, 0.29) is 0 Å². The predicted molar refractivity (Wildman–Crippen MR) is 81.0 cm³/mol. The fourth-order valence-corrected chi connectivity index (χ4v) is 3.37. The van der Waals surface area contributed by atoms with E-state index in [0.29, 0.717) is 0 Å². The van der Waals surface area contributed by atoms with Gasteiger partial charge < -0.3 is 4.90 Å². The number of thioether (sulfide) groups is 1. The molecule has 0 radical (unpaired) electrons. The first-order valence-corrected chi connectivity index (χ1v) is 7.14. The van der Waals surface area contributed by atoms with Gasteiger partial charge in [0.1, 0.15) is 7.05 Å². The molecule has 0 N–H and O–H groups in total. The highest BCUT2D eigenvalue weighted by Gasteiger charge is 2.21. The minimum absolute atomic E-state index is 1.23. The molecule has 0 aliphatic carbocycles. The van der Waals surface area contributed by atoms with Gasteiger partial charge in [0.2, 0.25) is 0 Å². The summed E-state index contributed by atoms with van der Waals surface area (Å²) in [5.41, 5.74) is 3.84. The van der Waals surface area contributed by atoms with E-state index in [0.717, 1.165) is 0 Å². The van der Waals surface area contributed by atoms with Gasteiger partial charge in [-0.05, 0) is 36.3 Å². The van der Waals surface area contributed by atoms with Crippen LogP contribution in [0.4, 0.5) is 5.69 Å². The van der Waals surface area contributed by atoms with Crippen molar-refractivity contribution in [3.05, 3.63) is 58.9 Å². The number of fused-ring (bicyclic) bond motifs is 1. The molecular formula is C16H17N2S+. The van der Waals surface area contributed by atoms with Crippen LogP contribution < -0.4 is 9.47 Å². The van der Waals surface area contributed by atoms with E-state index in [1.807, 2.05) is 23.4 Å². The van der Waals surface area contributed by atoms with E-state index >= 15 is 0 Å². The maximum absolute atomic E-state index is 2.26. The van der Waals surface area contributed by atoms with Crippen LogP contribution in [0.25, 0.3) is 6.08 Å². The van der Waals surface area contributed by atoms with Gasteiger partial charge in [-0.1, -0.05) is 17.8 Å². The van der Waals surface area contributed by atoms with Crippen molar-refractivity contribution in [1.82, 2.24) is 0 Å². The van der Waals surface area contributed by atoms with Crippen LogP contribution in [-0.4, -0.2) is 7.05 Å². The summed E-state index contributed by atoms with van der Waals surface area (Å²) in [6, 6.07) is 10.9. The van der Waals surface area contributed by atoms with Gasteiger partial charge in [-0.2, -0.15) is 0 Å².